The van der Waals surface area contributed by atoms with E-state index in [2.05, 4.69) is 12.2 Å². The van der Waals surface area contributed by atoms with Gasteiger partial charge in [-0.25, -0.2) is 0 Å². The molecule has 0 aromatic heterocycles. The number of ether oxygens (including phenoxy) is 1. The van der Waals surface area contributed by atoms with Crippen LogP contribution in [-0.2, 0) is 4.79 Å². The zero-order valence-electron chi connectivity index (χ0n) is 13.8. The van der Waals surface area contributed by atoms with Gasteiger partial charge < -0.3 is 10.1 Å². The molecule has 1 saturated carbocycles. The maximum atomic E-state index is 12.4. The molecule has 0 radical (unpaired) electrons. The Morgan fingerprint density at radius 3 is 2.91 bits per heavy atom. The molecular weight excluding hydrogens is 288 g/mol. The minimum Gasteiger partial charge on any atom is -0.494 e. The summed E-state index contributed by atoms with van der Waals surface area (Å²) in [7, 11) is 0. The van der Waals surface area contributed by atoms with Crippen LogP contribution in [0.1, 0.15) is 45.1 Å². The number of benzene rings is 1. The third-order valence-electron chi connectivity index (χ3n) is 4.27. The first kappa shape index (κ1) is 17.1. The lowest BCUT2D eigenvalue weighted by molar-refractivity contribution is -0.118. The zero-order valence-corrected chi connectivity index (χ0v) is 13.8. The van der Waals surface area contributed by atoms with Gasteiger partial charge in [0.05, 0.1) is 6.61 Å². The molecule has 0 bridgehead atoms. The van der Waals surface area contributed by atoms with Gasteiger partial charge in [0.1, 0.15) is 17.4 Å². The molecule has 0 heterocycles. The number of rotatable bonds is 5. The number of carbonyl (C=O) groups is 1. The van der Waals surface area contributed by atoms with Gasteiger partial charge in [-0.05, 0) is 49.5 Å². The van der Waals surface area contributed by atoms with Crippen LogP contribution in [0.2, 0.25) is 0 Å². The molecule has 1 fully saturated rings. The predicted octanol–water partition coefficient (Wildman–Crippen LogP) is 3.69. The third-order valence-corrected chi connectivity index (χ3v) is 4.27. The summed E-state index contributed by atoms with van der Waals surface area (Å²) in [6, 6.07) is 9.58. The smallest absolute Gasteiger partial charge is 0.262 e. The summed E-state index contributed by atoms with van der Waals surface area (Å²) in [6.45, 7) is 4.66. The number of amides is 1. The lowest BCUT2D eigenvalue weighted by atomic mass is 9.86. The summed E-state index contributed by atoms with van der Waals surface area (Å²) in [5.41, 5.74) is 0.927. The van der Waals surface area contributed by atoms with Gasteiger partial charge in [0.15, 0.2) is 0 Å². The highest BCUT2D eigenvalue weighted by atomic mass is 16.5. The first-order chi connectivity index (χ1) is 11.1. The molecule has 0 aliphatic heterocycles. The van der Waals surface area contributed by atoms with E-state index < -0.39 is 0 Å². The van der Waals surface area contributed by atoms with Crippen molar-refractivity contribution < 1.29 is 9.53 Å². The fourth-order valence-corrected chi connectivity index (χ4v) is 2.95. The van der Waals surface area contributed by atoms with Crippen LogP contribution in [0.15, 0.2) is 29.8 Å². The monoisotopic (exact) mass is 312 g/mol. The van der Waals surface area contributed by atoms with Crippen LogP contribution in [0.25, 0.3) is 6.08 Å². The normalized spacial score (nSPS) is 21.3. The van der Waals surface area contributed by atoms with Crippen molar-refractivity contribution in [2.24, 2.45) is 5.92 Å². The molecular formula is C19H24N2O2. The molecule has 1 aliphatic rings. The molecule has 2 atom stereocenters. The average molecular weight is 312 g/mol. The van der Waals surface area contributed by atoms with Crippen LogP contribution in [0.4, 0.5) is 0 Å². The number of nitrogens with zero attached hydrogens (tertiary/aromatic N) is 1. The highest BCUT2D eigenvalue weighted by molar-refractivity contribution is 6.01. The van der Waals surface area contributed by atoms with E-state index in [0.29, 0.717) is 12.5 Å². The quantitative estimate of drug-likeness (QED) is 0.666. The first-order valence-corrected chi connectivity index (χ1v) is 8.29. The Kier molecular flexibility index (Phi) is 6.22. The van der Waals surface area contributed by atoms with Gasteiger partial charge in [0.25, 0.3) is 5.91 Å². The SMILES string of the molecule is CCOc1cccc(/C=C(\C#N)C(=O)N[C@H]2CCCC[C@@H]2C)c1. The van der Waals surface area contributed by atoms with Crippen molar-refractivity contribution in [3.63, 3.8) is 0 Å². The number of carbonyl (C=O) groups excluding carboxylic acids is 1. The molecule has 0 spiro atoms. The van der Waals surface area contributed by atoms with Crippen LogP contribution in [-0.4, -0.2) is 18.6 Å². The second kappa shape index (κ2) is 8.38. The maximum Gasteiger partial charge on any atom is 0.262 e. The molecule has 1 aromatic rings. The molecule has 4 nitrogen and oxygen atoms in total. The summed E-state index contributed by atoms with van der Waals surface area (Å²) >= 11 is 0. The van der Waals surface area contributed by atoms with E-state index in [1.54, 1.807) is 6.08 Å². The van der Waals surface area contributed by atoms with Crippen LogP contribution < -0.4 is 10.1 Å². The van der Waals surface area contributed by atoms with E-state index in [9.17, 15) is 10.1 Å². The minimum atomic E-state index is -0.284. The zero-order chi connectivity index (χ0) is 16.7. The molecule has 0 saturated heterocycles. The van der Waals surface area contributed by atoms with Crippen molar-refractivity contribution in [3.05, 3.63) is 35.4 Å². The van der Waals surface area contributed by atoms with E-state index >= 15 is 0 Å². The summed E-state index contributed by atoms with van der Waals surface area (Å²) < 4.78 is 5.45. The predicted molar refractivity (Wildman–Crippen MR) is 90.8 cm³/mol. The molecule has 2 rings (SSSR count). The van der Waals surface area contributed by atoms with E-state index in [1.807, 2.05) is 37.3 Å². The Labute approximate surface area is 138 Å². The van der Waals surface area contributed by atoms with Gasteiger partial charge in [0.2, 0.25) is 0 Å². The Morgan fingerprint density at radius 2 is 2.22 bits per heavy atom. The van der Waals surface area contributed by atoms with Crippen molar-refractivity contribution in [2.75, 3.05) is 6.61 Å². The van der Waals surface area contributed by atoms with Gasteiger partial charge in [-0.3, -0.25) is 4.79 Å². The van der Waals surface area contributed by atoms with E-state index in [4.69, 9.17) is 4.74 Å². The largest absolute Gasteiger partial charge is 0.494 e. The lowest BCUT2D eigenvalue weighted by Gasteiger charge is -2.29. The van der Waals surface area contributed by atoms with Crippen molar-refractivity contribution in [1.82, 2.24) is 5.32 Å². The van der Waals surface area contributed by atoms with Crippen LogP contribution in [0, 0.1) is 17.2 Å². The standard InChI is InChI=1S/C19H24N2O2/c1-3-23-17-9-6-8-15(12-17)11-16(13-20)19(22)21-18-10-5-4-7-14(18)2/h6,8-9,11-12,14,18H,3-5,7,10H2,1-2H3,(H,21,22)/b16-11+/t14-,18-/m0/s1. The molecule has 122 valence electrons. The van der Waals surface area contributed by atoms with E-state index in [-0.39, 0.29) is 17.5 Å². The summed E-state index contributed by atoms with van der Waals surface area (Å²) in [5.74, 6) is 0.918. The second-order valence-electron chi connectivity index (χ2n) is 6.02. The van der Waals surface area contributed by atoms with Crippen LogP contribution in [0.3, 0.4) is 0 Å². The highest BCUT2D eigenvalue weighted by Crippen LogP contribution is 2.24. The number of hydrogen-bond acceptors (Lipinski definition) is 3. The molecule has 1 amide bonds. The second-order valence-corrected chi connectivity index (χ2v) is 6.02. The lowest BCUT2D eigenvalue weighted by Crippen LogP contribution is -2.41. The molecule has 1 aliphatic carbocycles. The number of nitrogens with one attached hydrogen (secondary N) is 1. The first-order valence-electron chi connectivity index (χ1n) is 8.29. The van der Waals surface area contributed by atoms with Crippen molar-refractivity contribution in [1.29, 1.82) is 5.26 Å². The summed E-state index contributed by atoms with van der Waals surface area (Å²) in [4.78, 5) is 12.4. The Bertz CT molecular complexity index is 616. The molecule has 0 unspecified atom stereocenters. The van der Waals surface area contributed by atoms with Gasteiger partial charge >= 0.3 is 0 Å². The number of nitriles is 1. The van der Waals surface area contributed by atoms with Crippen LogP contribution >= 0.6 is 0 Å². The molecule has 4 heteroatoms. The van der Waals surface area contributed by atoms with Gasteiger partial charge in [0, 0.05) is 6.04 Å². The third kappa shape index (κ3) is 4.85. The fourth-order valence-electron chi connectivity index (χ4n) is 2.95. The van der Waals surface area contributed by atoms with Crippen molar-refractivity contribution >= 4 is 12.0 Å². The topological polar surface area (TPSA) is 62.1 Å². The Hall–Kier alpha value is -2.28. The van der Waals surface area contributed by atoms with Gasteiger partial charge in [-0.15, -0.1) is 0 Å². The van der Waals surface area contributed by atoms with Gasteiger partial charge in [-0.1, -0.05) is 31.9 Å². The Morgan fingerprint density at radius 1 is 1.43 bits per heavy atom. The van der Waals surface area contributed by atoms with E-state index in [1.165, 1.54) is 6.42 Å². The average Bonchev–Trinajstić information content (AvgIpc) is 2.55. The Balaban J connectivity index is 2.10. The van der Waals surface area contributed by atoms with Crippen molar-refractivity contribution in [2.45, 2.75) is 45.6 Å². The summed E-state index contributed by atoms with van der Waals surface area (Å²) in [5, 5.41) is 12.3. The maximum absolute atomic E-state index is 12.4. The molecule has 23 heavy (non-hydrogen) atoms. The van der Waals surface area contributed by atoms with Gasteiger partial charge in [-0.2, -0.15) is 5.26 Å². The van der Waals surface area contributed by atoms with Crippen molar-refractivity contribution in [3.8, 4) is 11.8 Å². The fraction of sp³-hybridized carbons (Fsp3) is 0.474. The summed E-state index contributed by atoms with van der Waals surface area (Å²) in [6.07, 6.45) is 6.10. The molecule has 1 N–H and O–H groups in total. The number of hydrogen-bond donors (Lipinski definition) is 1. The van der Waals surface area contributed by atoms with Crippen LogP contribution in [0.5, 0.6) is 5.75 Å². The highest BCUT2D eigenvalue weighted by Gasteiger charge is 2.23. The minimum absolute atomic E-state index is 0.136. The molecule has 1 aromatic carbocycles. The van der Waals surface area contributed by atoms with E-state index in [0.717, 1.165) is 30.6 Å².